The van der Waals surface area contributed by atoms with Gasteiger partial charge in [-0.2, -0.15) is 5.10 Å². The summed E-state index contributed by atoms with van der Waals surface area (Å²) >= 11 is 0. The van der Waals surface area contributed by atoms with E-state index in [1.165, 1.54) is 10.8 Å². The van der Waals surface area contributed by atoms with Crippen LogP contribution in [0.1, 0.15) is 18.4 Å². The van der Waals surface area contributed by atoms with E-state index in [1.807, 2.05) is 0 Å². The van der Waals surface area contributed by atoms with Crippen molar-refractivity contribution in [2.45, 2.75) is 19.3 Å². The lowest BCUT2D eigenvalue weighted by atomic mass is 9.92. The minimum atomic E-state index is -1.58. The first-order chi connectivity index (χ1) is 10.1. The fourth-order valence-corrected chi connectivity index (χ4v) is 3.26. The van der Waals surface area contributed by atoms with E-state index in [0.29, 0.717) is 19.6 Å². The molecule has 3 rings (SSSR count). The Morgan fingerprint density at radius 3 is 2.90 bits per heavy atom. The normalized spacial score (nSPS) is 23.0. The molecule has 7 nitrogen and oxygen atoms in total. The van der Waals surface area contributed by atoms with E-state index in [1.54, 1.807) is 12.4 Å². The van der Waals surface area contributed by atoms with Crippen molar-refractivity contribution in [3.05, 3.63) is 24.0 Å². The van der Waals surface area contributed by atoms with Crippen LogP contribution in [0.3, 0.4) is 0 Å². The second-order valence-electron chi connectivity index (χ2n) is 5.04. The average Bonchev–Trinajstić information content (AvgIpc) is 3.06. The highest BCUT2D eigenvalue weighted by Gasteiger charge is 2.24. The fraction of sp³-hybridized carbons (Fsp3) is 0.462. The van der Waals surface area contributed by atoms with Crippen LogP contribution in [-0.2, 0) is 31.7 Å². The zero-order valence-electron chi connectivity index (χ0n) is 11.3. The molecule has 2 aliphatic rings. The highest BCUT2D eigenvalue weighted by Crippen LogP contribution is 2.19. The van der Waals surface area contributed by atoms with Gasteiger partial charge in [-0.25, -0.2) is 8.89 Å². The van der Waals surface area contributed by atoms with Crippen molar-refractivity contribution in [1.29, 1.82) is 0 Å². The van der Waals surface area contributed by atoms with Gasteiger partial charge in [-0.15, -0.1) is 0 Å². The molecular formula is C13H15N3O4S. The maximum Gasteiger partial charge on any atom is 0.258 e. The SMILES string of the molecule is O=C1C=C(n2cc(CC(=O)C3CCOCC3)cn2)S(=O)N1. The first kappa shape index (κ1) is 14.2. The number of carbonyl (C=O) groups excluding carboxylic acids is 2. The van der Waals surface area contributed by atoms with Crippen LogP contribution in [0.2, 0.25) is 0 Å². The molecule has 1 N–H and O–H groups in total. The predicted octanol–water partition coefficient (Wildman–Crippen LogP) is 0.0132. The smallest absolute Gasteiger partial charge is 0.258 e. The molecule has 0 spiro atoms. The summed E-state index contributed by atoms with van der Waals surface area (Å²) in [6, 6.07) is 0. The van der Waals surface area contributed by atoms with Crippen LogP contribution in [0.4, 0.5) is 0 Å². The van der Waals surface area contributed by atoms with Crippen molar-refractivity contribution in [2.75, 3.05) is 13.2 Å². The van der Waals surface area contributed by atoms with Crippen LogP contribution < -0.4 is 4.72 Å². The van der Waals surface area contributed by atoms with E-state index < -0.39 is 16.9 Å². The van der Waals surface area contributed by atoms with Crippen molar-refractivity contribution in [1.82, 2.24) is 14.5 Å². The van der Waals surface area contributed by atoms with Gasteiger partial charge in [0.1, 0.15) is 5.78 Å². The second kappa shape index (κ2) is 5.90. The van der Waals surface area contributed by atoms with Gasteiger partial charge < -0.3 is 4.74 Å². The Morgan fingerprint density at radius 2 is 2.24 bits per heavy atom. The first-order valence-electron chi connectivity index (χ1n) is 6.72. The van der Waals surface area contributed by atoms with Crippen LogP contribution in [0.5, 0.6) is 0 Å². The van der Waals surface area contributed by atoms with E-state index in [4.69, 9.17) is 4.74 Å². The topological polar surface area (TPSA) is 90.3 Å². The first-order valence-corrected chi connectivity index (χ1v) is 7.87. The molecule has 1 unspecified atom stereocenters. The Hall–Kier alpha value is -1.80. The number of ether oxygens (including phenoxy) is 1. The Labute approximate surface area is 123 Å². The Balaban J connectivity index is 1.68. The maximum atomic E-state index is 12.2. The monoisotopic (exact) mass is 309 g/mol. The molecule has 3 heterocycles. The number of nitrogens with zero attached hydrogens (tertiary/aromatic N) is 2. The summed E-state index contributed by atoms with van der Waals surface area (Å²) in [4.78, 5) is 23.3. The van der Waals surface area contributed by atoms with Crippen molar-refractivity contribution < 1.29 is 18.5 Å². The largest absolute Gasteiger partial charge is 0.381 e. The number of aromatic nitrogens is 2. The van der Waals surface area contributed by atoms with Crippen LogP contribution in [0.25, 0.3) is 5.03 Å². The number of amides is 1. The average molecular weight is 309 g/mol. The van der Waals surface area contributed by atoms with Crippen LogP contribution in [-0.4, -0.2) is 38.9 Å². The minimum Gasteiger partial charge on any atom is -0.381 e. The third-order valence-electron chi connectivity index (χ3n) is 3.55. The molecule has 0 aromatic carbocycles. The lowest BCUT2D eigenvalue weighted by molar-refractivity contribution is -0.125. The summed E-state index contributed by atoms with van der Waals surface area (Å²) in [5.74, 6) is -0.183. The van der Waals surface area contributed by atoms with Crippen LogP contribution in [0, 0.1) is 5.92 Å². The number of hydrogen-bond acceptors (Lipinski definition) is 5. The molecule has 0 radical (unpaired) electrons. The number of rotatable bonds is 4. The summed E-state index contributed by atoms with van der Waals surface area (Å²) in [6.45, 7) is 1.27. The molecule has 0 bridgehead atoms. The van der Waals surface area contributed by atoms with Crippen molar-refractivity contribution >= 4 is 27.7 Å². The molecule has 1 amide bonds. The molecule has 0 aliphatic carbocycles. The van der Waals surface area contributed by atoms with E-state index >= 15 is 0 Å². The Kier molecular flexibility index (Phi) is 3.98. The minimum absolute atomic E-state index is 0.0465. The molecule has 1 atom stereocenters. The van der Waals surface area contributed by atoms with E-state index in [2.05, 4.69) is 9.82 Å². The van der Waals surface area contributed by atoms with E-state index in [0.717, 1.165) is 18.4 Å². The predicted molar refractivity (Wildman–Crippen MR) is 75.0 cm³/mol. The van der Waals surface area contributed by atoms with E-state index in [9.17, 15) is 13.8 Å². The standard InChI is InChI=1S/C13H15N3O4S/c17-11(10-1-3-20-4-2-10)5-9-7-14-16(8-9)13-6-12(18)15-21(13)19/h6-8,10H,1-5H2,(H,15,18). The number of hydrogen-bond donors (Lipinski definition) is 1. The maximum absolute atomic E-state index is 12.2. The van der Waals surface area contributed by atoms with Crippen molar-refractivity contribution in [3.8, 4) is 0 Å². The Morgan fingerprint density at radius 1 is 1.48 bits per heavy atom. The number of Topliss-reactive ketones (excluding diaryl/α,β-unsaturated/α-hetero) is 1. The van der Waals surface area contributed by atoms with Crippen molar-refractivity contribution in [3.63, 3.8) is 0 Å². The molecule has 1 fully saturated rings. The van der Waals surface area contributed by atoms with Gasteiger partial charge in [0.05, 0.1) is 6.20 Å². The molecule has 112 valence electrons. The summed E-state index contributed by atoms with van der Waals surface area (Å²) in [6.07, 6.45) is 6.28. The van der Waals surface area contributed by atoms with Gasteiger partial charge in [-0.05, 0) is 18.4 Å². The number of nitrogens with one attached hydrogen (secondary N) is 1. The van der Waals surface area contributed by atoms with Gasteiger partial charge in [0.2, 0.25) is 0 Å². The molecule has 21 heavy (non-hydrogen) atoms. The zero-order valence-corrected chi connectivity index (χ0v) is 12.1. The lowest BCUT2D eigenvalue weighted by Gasteiger charge is -2.20. The Bertz CT molecular complexity index is 631. The van der Waals surface area contributed by atoms with Gasteiger partial charge in [0.15, 0.2) is 16.0 Å². The van der Waals surface area contributed by atoms with Gasteiger partial charge in [0, 0.05) is 37.8 Å². The van der Waals surface area contributed by atoms with Crippen LogP contribution in [0.15, 0.2) is 18.5 Å². The highest BCUT2D eigenvalue weighted by molar-refractivity contribution is 7.93. The number of ketones is 1. The molecular weight excluding hydrogens is 294 g/mol. The quantitative estimate of drug-likeness (QED) is 0.846. The molecule has 2 aliphatic heterocycles. The third-order valence-corrected chi connectivity index (χ3v) is 4.63. The van der Waals surface area contributed by atoms with E-state index in [-0.39, 0.29) is 16.7 Å². The summed E-state index contributed by atoms with van der Waals surface area (Å²) in [7, 11) is -1.58. The second-order valence-corrected chi connectivity index (χ2v) is 6.20. The molecule has 8 heteroatoms. The molecule has 0 saturated carbocycles. The summed E-state index contributed by atoms with van der Waals surface area (Å²) in [5.41, 5.74) is 0.753. The molecule has 1 aromatic rings. The van der Waals surface area contributed by atoms with Crippen molar-refractivity contribution in [2.24, 2.45) is 5.92 Å². The zero-order chi connectivity index (χ0) is 14.8. The van der Waals surface area contributed by atoms with Gasteiger partial charge >= 0.3 is 0 Å². The fourth-order valence-electron chi connectivity index (χ4n) is 2.43. The summed E-state index contributed by atoms with van der Waals surface area (Å²) in [5, 5.41) is 4.35. The van der Waals surface area contributed by atoms with Gasteiger partial charge in [-0.1, -0.05) is 0 Å². The lowest BCUT2D eigenvalue weighted by Crippen LogP contribution is -2.24. The summed E-state index contributed by atoms with van der Waals surface area (Å²) < 4.78 is 20.5. The molecule has 1 aromatic heterocycles. The van der Waals surface area contributed by atoms with Gasteiger partial charge in [-0.3, -0.25) is 14.3 Å². The molecule has 1 saturated heterocycles. The third kappa shape index (κ3) is 3.11. The highest BCUT2D eigenvalue weighted by atomic mass is 32.2. The van der Waals surface area contributed by atoms with Gasteiger partial charge in [0.25, 0.3) is 5.91 Å². The number of carbonyl (C=O) groups is 2. The van der Waals surface area contributed by atoms with Crippen LogP contribution >= 0.6 is 0 Å².